The van der Waals surface area contributed by atoms with E-state index >= 15 is 0 Å². The molecule has 60 heavy (non-hydrogen) atoms. The Morgan fingerprint density at radius 2 is 0.933 bits per heavy atom. The van der Waals surface area contributed by atoms with E-state index in [1.165, 1.54) is 44.8 Å². The average molecular weight is 901 g/mol. The van der Waals surface area contributed by atoms with Gasteiger partial charge in [-0.2, -0.15) is 67.9 Å². The monoisotopic (exact) mass is 899 g/mol. The van der Waals surface area contributed by atoms with Crippen LogP contribution in [0.25, 0.3) is 54.9 Å². The maximum absolute atomic E-state index is 13.3. The Morgan fingerprint density at radius 3 is 1.42 bits per heavy atom. The van der Waals surface area contributed by atoms with Crippen molar-refractivity contribution in [3.05, 3.63) is 180 Å². The van der Waals surface area contributed by atoms with E-state index in [2.05, 4.69) is 68.4 Å². The van der Waals surface area contributed by atoms with Gasteiger partial charge < -0.3 is 0 Å². The first-order chi connectivity index (χ1) is 28.5. The zero-order chi connectivity index (χ0) is 41.6. The van der Waals surface area contributed by atoms with E-state index in [1.54, 1.807) is 36.4 Å². The molecule has 0 saturated carbocycles. The van der Waals surface area contributed by atoms with Crippen LogP contribution in [0.5, 0.6) is 0 Å². The summed E-state index contributed by atoms with van der Waals surface area (Å²) < 4.78 is 79.8. The first-order valence-corrected chi connectivity index (χ1v) is 21.0. The van der Waals surface area contributed by atoms with Crippen molar-refractivity contribution in [2.75, 3.05) is 0 Å². The second kappa shape index (κ2) is 19.7. The van der Waals surface area contributed by atoms with Crippen LogP contribution in [0.1, 0.15) is 61.8 Å². The Labute approximate surface area is 370 Å². The van der Waals surface area contributed by atoms with E-state index < -0.39 is 23.5 Å². The molecule has 0 aromatic heterocycles. The van der Waals surface area contributed by atoms with Gasteiger partial charge in [-0.05, 0) is 36.1 Å². The van der Waals surface area contributed by atoms with Gasteiger partial charge in [0.05, 0.1) is 20.6 Å². The Morgan fingerprint density at radius 1 is 0.500 bits per heavy atom. The smallest absolute Gasteiger partial charge is 0.184 e. The second-order valence-corrected chi connectivity index (χ2v) is 16.1. The zero-order valence-electron chi connectivity index (χ0n) is 33.4. The average Bonchev–Trinajstić information content (AvgIpc) is 3.97. The molecule has 8 aromatic rings. The molecule has 1 aliphatic heterocycles. The topological polar surface area (TPSA) is 0 Å². The molecule has 8 aromatic carbocycles. The van der Waals surface area contributed by atoms with Gasteiger partial charge in [0.25, 0.3) is 0 Å². The van der Waals surface area contributed by atoms with E-state index in [9.17, 15) is 26.3 Å². The summed E-state index contributed by atoms with van der Waals surface area (Å²) in [6.07, 6.45) is -2.39. The van der Waals surface area contributed by atoms with Gasteiger partial charge in [-0.15, -0.1) is 74.6 Å². The summed E-state index contributed by atoms with van der Waals surface area (Å²) in [7, 11) is 0.795. The minimum atomic E-state index is -4.35. The first-order valence-electron chi connectivity index (χ1n) is 20.0. The summed E-state index contributed by atoms with van der Waals surface area (Å²) in [6.45, 7) is 4.27. The van der Waals surface area contributed by atoms with Crippen molar-refractivity contribution >= 4 is 41.4 Å². The van der Waals surface area contributed by atoms with Gasteiger partial charge in [-0.25, -0.2) is 0 Å². The van der Waals surface area contributed by atoms with Gasteiger partial charge >= 0.3 is 38.6 Å². The largest absolute Gasteiger partial charge is 3.00 e. The molecular weight excluding hydrogens is 858 g/mol. The summed E-state index contributed by atoms with van der Waals surface area (Å²) in [5.41, 5.74) is 5.79. The van der Waals surface area contributed by atoms with Gasteiger partial charge in [0.15, 0.2) is 0 Å². The van der Waals surface area contributed by atoms with Crippen molar-refractivity contribution in [2.24, 2.45) is 0 Å². The summed E-state index contributed by atoms with van der Waals surface area (Å²) in [6, 6.07) is 49.1. The third-order valence-electron chi connectivity index (χ3n) is 10.6. The van der Waals surface area contributed by atoms with E-state index in [-0.39, 0.29) is 37.3 Å². The molecule has 1 aliphatic rings. The number of hydrogen-bond acceptors (Lipinski definition) is 0. The van der Waals surface area contributed by atoms with E-state index in [1.807, 2.05) is 42.5 Å². The van der Waals surface area contributed by atoms with Crippen molar-refractivity contribution < 1.29 is 52.5 Å². The van der Waals surface area contributed by atoms with Gasteiger partial charge in [-0.3, -0.25) is 0 Å². The number of alkyl halides is 6. The minimum Gasteiger partial charge on any atom is -0.184 e. The van der Waals surface area contributed by atoms with Crippen LogP contribution in [0, 0.1) is 6.07 Å². The molecule has 0 amide bonds. The molecule has 301 valence electrons. The van der Waals surface area contributed by atoms with Gasteiger partial charge in [-0.1, -0.05) is 134 Å². The normalized spacial score (nSPS) is 11.9. The molecular formula is C52H43F6SiZr. The predicted octanol–water partition coefficient (Wildman–Crippen LogP) is 14.3. The molecule has 0 aliphatic carbocycles. The number of unbranched alkanes of at least 4 members (excludes halogenated alkanes) is 2. The van der Waals surface area contributed by atoms with Gasteiger partial charge in [0, 0.05) is 0 Å². The van der Waals surface area contributed by atoms with Crippen LogP contribution >= 0.6 is 0 Å². The first kappa shape index (κ1) is 44.8. The Hall–Kier alpha value is -4.78. The molecule has 3 radical (unpaired) electrons. The molecule has 0 fully saturated rings. The number of hydrogen-bond donors (Lipinski definition) is 0. The molecule has 0 unspecified atom stereocenters. The van der Waals surface area contributed by atoms with Crippen LogP contribution < -0.4 is 10.4 Å². The summed E-state index contributed by atoms with van der Waals surface area (Å²) >= 11 is 0. The van der Waals surface area contributed by atoms with E-state index in [0.29, 0.717) is 11.1 Å². The quantitative estimate of drug-likeness (QED) is 0.0810. The molecule has 0 spiro atoms. The molecule has 0 nitrogen and oxygen atoms in total. The van der Waals surface area contributed by atoms with Crippen LogP contribution in [-0.4, -0.2) is 9.52 Å². The summed E-state index contributed by atoms with van der Waals surface area (Å²) in [5, 5.41) is 6.63. The fourth-order valence-electron chi connectivity index (χ4n) is 7.77. The minimum absolute atomic E-state index is 0. The van der Waals surface area contributed by atoms with Crippen LogP contribution in [0.15, 0.2) is 152 Å². The van der Waals surface area contributed by atoms with Gasteiger partial charge in [0.1, 0.15) is 0 Å². The molecule has 9 rings (SSSR count). The predicted molar refractivity (Wildman–Crippen MR) is 233 cm³/mol. The van der Waals surface area contributed by atoms with Crippen LogP contribution in [0.2, 0.25) is 0 Å². The second-order valence-electron chi connectivity index (χ2n) is 14.8. The molecule has 1 heterocycles. The van der Waals surface area contributed by atoms with Gasteiger partial charge in [0.2, 0.25) is 0 Å². The summed E-state index contributed by atoms with van der Waals surface area (Å²) in [4.78, 5) is 0. The van der Waals surface area contributed by atoms with Crippen molar-refractivity contribution in [1.82, 2.24) is 0 Å². The molecule has 0 saturated heterocycles. The van der Waals surface area contributed by atoms with Crippen molar-refractivity contribution in [3.63, 3.8) is 0 Å². The standard InChI is InChI=1S/2C20H18F3.C12H7Si.Zr/c2*1-2-3-7-14-12-15-8-6-10-16(18(15)13-14)17-9-4-5-11-19(17)20(21,22)23;1-3-7-11-9(5-1)10-6-2-4-8-12(10)13-11;/h2*4-6,8-13H,2-3,7H2,1H3;1-7H;/q3*-1;+3. The fraction of sp³-hybridized carbons (Fsp3) is 0.192. The molecule has 0 bridgehead atoms. The maximum Gasteiger partial charge on any atom is 3.00 e. The maximum atomic E-state index is 13.3. The van der Waals surface area contributed by atoms with Crippen LogP contribution in [0.3, 0.4) is 0 Å². The number of aryl methyl sites for hydroxylation is 2. The SMILES string of the molecule is CCCCc1cc2c(-c3ccccc3C(F)(F)F)cccc2[cH-]1.CCCCc1cc2c(-c3ccccc3C(F)(F)F)cccc2[cH-]1.[Zr+3].[c-]1cccc2c1[Si]c1ccccc1-2. The molecule has 8 heteroatoms. The van der Waals surface area contributed by atoms with Crippen molar-refractivity contribution in [2.45, 2.75) is 64.7 Å². The Bertz CT molecular complexity index is 2480. The Kier molecular flexibility index (Phi) is 14.7. The number of halogens is 6. The van der Waals surface area contributed by atoms with E-state index in [4.69, 9.17) is 0 Å². The number of fused-ring (bicyclic) bond motifs is 5. The van der Waals surface area contributed by atoms with Crippen molar-refractivity contribution in [3.8, 4) is 33.4 Å². The molecule has 0 N–H and O–H groups in total. The fourth-order valence-corrected chi connectivity index (χ4v) is 9.08. The summed E-state index contributed by atoms with van der Waals surface area (Å²) in [5.74, 6) is 0. The molecule has 0 atom stereocenters. The van der Waals surface area contributed by atoms with Crippen LogP contribution in [-0.2, 0) is 51.4 Å². The third kappa shape index (κ3) is 10.2. The number of rotatable bonds is 8. The van der Waals surface area contributed by atoms with E-state index in [0.717, 1.165) is 81.7 Å². The third-order valence-corrected chi connectivity index (χ3v) is 12.0. The number of benzene rings is 6. The van der Waals surface area contributed by atoms with Crippen molar-refractivity contribution in [1.29, 1.82) is 0 Å². The Balaban J connectivity index is 0.000000155. The van der Waals surface area contributed by atoms with Crippen LogP contribution in [0.4, 0.5) is 26.3 Å². The zero-order valence-corrected chi connectivity index (χ0v) is 36.9.